The molecule has 0 spiro atoms. The molecule has 43 heavy (non-hydrogen) atoms. The van der Waals surface area contributed by atoms with E-state index in [0.717, 1.165) is 18.5 Å². The summed E-state index contributed by atoms with van der Waals surface area (Å²) in [6, 6.07) is 2.59. The third kappa shape index (κ3) is 6.23. The standard InChI is InChI=1S/C29H40F3N9O2/c1-18(42)39-8-5-20(6-9-39)36-24-7-10-40(28(43)34-2)17-22(24)27(33)41-12-11-37(3)25-13-21(19-15-35-38(4)16-19)23(14-26(25)41)29(30,31)32/h13-15,19-20,33,36H,5-12,16-17H2,1-4H3,(H,34,43). The molecule has 14 heteroatoms. The number of carbonyl (C=O) groups is 2. The van der Waals surface area contributed by atoms with Gasteiger partial charge in [0.15, 0.2) is 0 Å². The maximum absolute atomic E-state index is 14.5. The van der Waals surface area contributed by atoms with Crippen molar-refractivity contribution in [3.8, 4) is 0 Å². The normalized spacial score (nSPS) is 21.4. The molecule has 0 aliphatic carbocycles. The number of hydrazone groups is 1. The highest BCUT2D eigenvalue weighted by atomic mass is 19.4. The summed E-state index contributed by atoms with van der Waals surface area (Å²) in [6.07, 6.45) is -1.06. The van der Waals surface area contributed by atoms with Crippen LogP contribution in [-0.2, 0) is 11.0 Å². The van der Waals surface area contributed by atoms with Gasteiger partial charge in [0.2, 0.25) is 5.91 Å². The molecule has 4 aliphatic heterocycles. The van der Waals surface area contributed by atoms with Crippen LogP contribution >= 0.6 is 0 Å². The third-order valence-electron chi connectivity index (χ3n) is 8.84. The summed E-state index contributed by atoms with van der Waals surface area (Å²) in [5.74, 6) is -0.376. The highest BCUT2D eigenvalue weighted by molar-refractivity contribution is 6.11. The molecule has 1 aromatic carbocycles. The van der Waals surface area contributed by atoms with Gasteiger partial charge in [-0.05, 0) is 30.5 Å². The SMILES string of the molecule is CNC(=O)N1CCC(NC2CCN(C(C)=O)CC2)=C(C(=N)N2CCN(C)c3cc(C4C=NN(C)C4)c(C(F)(F)F)cc32)C1. The Bertz CT molecular complexity index is 1340. The molecular weight excluding hydrogens is 563 g/mol. The van der Waals surface area contributed by atoms with E-state index < -0.39 is 17.7 Å². The zero-order valence-corrected chi connectivity index (χ0v) is 25.1. The van der Waals surface area contributed by atoms with Gasteiger partial charge in [0.05, 0.1) is 23.5 Å². The quantitative estimate of drug-likeness (QED) is 0.361. The van der Waals surface area contributed by atoms with Crippen molar-refractivity contribution in [3.63, 3.8) is 0 Å². The zero-order valence-electron chi connectivity index (χ0n) is 25.1. The fourth-order valence-electron chi connectivity index (χ4n) is 6.36. The molecule has 1 aromatic rings. The van der Waals surface area contributed by atoms with Crippen molar-refractivity contribution in [2.45, 2.75) is 44.3 Å². The Morgan fingerprint density at radius 3 is 2.35 bits per heavy atom. The molecule has 234 valence electrons. The lowest BCUT2D eigenvalue weighted by atomic mass is 9.92. The Morgan fingerprint density at radius 1 is 1.02 bits per heavy atom. The van der Waals surface area contributed by atoms with Crippen LogP contribution in [0.15, 0.2) is 28.5 Å². The molecule has 3 N–H and O–H groups in total. The lowest BCUT2D eigenvalue weighted by Crippen LogP contribution is -2.50. The van der Waals surface area contributed by atoms with Gasteiger partial charge >= 0.3 is 12.2 Å². The summed E-state index contributed by atoms with van der Waals surface area (Å²) >= 11 is 0. The number of likely N-dealkylation sites (N-methyl/N-ethyl adjacent to an activating group) is 2. The van der Waals surface area contributed by atoms with Crippen molar-refractivity contribution in [3.05, 3.63) is 34.5 Å². The first kappa shape index (κ1) is 30.5. The number of halogens is 3. The largest absolute Gasteiger partial charge is 0.416 e. The molecular formula is C29H40F3N9O2. The Morgan fingerprint density at radius 2 is 1.74 bits per heavy atom. The molecule has 1 fully saturated rings. The van der Waals surface area contributed by atoms with Crippen LogP contribution in [0.4, 0.5) is 29.3 Å². The average Bonchev–Trinajstić information content (AvgIpc) is 3.42. The fourth-order valence-corrected chi connectivity index (χ4v) is 6.36. The van der Waals surface area contributed by atoms with Crippen LogP contribution < -0.4 is 20.4 Å². The van der Waals surface area contributed by atoms with Crippen molar-refractivity contribution < 1.29 is 22.8 Å². The highest BCUT2D eigenvalue weighted by Crippen LogP contribution is 2.44. The van der Waals surface area contributed by atoms with Crippen LogP contribution in [0.3, 0.4) is 0 Å². The van der Waals surface area contributed by atoms with E-state index in [-0.39, 0.29) is 35.9 Å². The van der Waals surface area contributed by atoms with E-state index in [2.05, 4.69) is 15.7 Å². The maximum Gasteiger partial charge on any atom is 0.416 e. The lowest BCUT2D eigenvalue weighted by Gasteiger charge is -2.41. The molecule has 0 bridgehead atoms. The van der Waals surface area contributed by atoms with Gasteiger partial charge in [-0.3, -0.25) is 15.2 Å². The number of urea groups is 1. The molecule has 1 unspecified atom stereocenters. The summed E-state index contributed by atoms with van der Waals surface area (Å²) < 4.78 is 43.5. The molecule has 4 aliphatic rings. The van der Waals surface area contributed by atoms with Gasteiger partial charge in [0.1, 0.15) is 5.84 Å². The predicted molar refractivity (Wildman–Crippen MR) is 160 cm³/mol. The number of piperidine rings is 1. The Hall–Kier alpha value is -3.97. The Labute approximate surface area is 249 Å². The number of hydrogen-bond donors (Lipinski definition) is 3. The minimum atomic E-state index is -4.59. The summed E-state index contributed by atoms with van der Waals surface area (Å²) in [4.78, 5) is 31.4. The smallest absolute Gasteiger partial charge is 0.385 e. The van der Waals surface area contributed by atoms with E-state index in [0.29, 0.717) is 62.6 Å². The molecule has 5 rings (SSSR count). The summed E-state index contributed by atoms with van der Waals surface area (Å²) in [5, 5.41) is 21.4. The van der Waals surface area contributed by atoms with E-state index in [4.69, 9.17) is 0 Å². The number of amides is 3. The second-order valence-electron chi connectivity index (χ2n) is 11.7. The van der Waals surface area contributed by atoms with Gasteiger partial charge < -0.3 is 30.2 Å². The number of nitrogens with one attached hydrogen (secondary N) is 3. The van der Waals surface area contributed by atoms with Gasteiger partial charge in [-0.1, -0.05) is 0 Å². The first-order valence-electron chi connectivity index (χ1n) is 14.7. The number of nitrogens with zero attached hydrogens (tertiary/aromatic N) is 6. The summed E-state index contributed by atoms with van der Waals surface area (Å²) in [7, 11) is 5.13. The van der Waals surface area contributed by atoms with Crippen LogP contribution in [-0.4, -0.2) is 112 Å². The molecule has 1 saturated heterocycles. The minimum absolute atomic E-state index is 0.0429. The first-order valence-corrected chi connectivity index (χ1v) is 14.7. The summed E-state index contributed by atoms with van der Waals surface area (Å²) in [5.41, 5.74) is 1.78. The number of anilines is 2. The third-order valence-corrected chi connectivity index (χ3v) is 8.84. The number of fused-ring (bicyclic) bond motifs is 1. The van der Waals surface area contributed by atoms with E-state index in [1.165, 1.54) is 6.07 Å². The van der Waals surface area contributed by atoms with E-state index in [1.54, 1.807) is 48.1 Å². The topological polar surface area (TPSA) is 111 Å². The van der Waals surface area contributed by atoms with Crippen LogP contribution in [0, 0.1) is 5.41 Å². The van der Waals surface area contributed by atoms with Gasteiger partial charge in [-0.25, -0.2) is 4.79 Å². The minimum Gasteiger partial charge on any atom is -0.385 e. The second kappa shape index (κ2) is 12.0. The van der Waals surface area contributed by atoms with Crippen molar-refractivity contribution in [1.29, 1.82) is 5.41 Å². The molecule has 0 aromatic heterocycles. The number of carbonyl (C=O) groups excluding carboxylic acids is 2. The second-order valence-corrected chi connectivity index (χ2v) is 11.7. The predicted octanol–water partition coefficient (Wildman–Crippen LogP) is 2.85. The van der Waals surface area contributed by atoms with Gasteiger partial charge in [-0.2, -0.15) is 18.3 Å². The number of likely N-dealkylation sites (tertiary alicyclic amines) is 1. The molecule has 0 radical (unpaired) electrons. The first-order chi connectivity index (χ1) is 20.4. The van der Waals surface area contributed by atoms with Crippen molar-refractivity contribution >= 4 is 35.4 Å². The molecule has 11 nitrogen and oxygen atoms in total. The number of benzene rings is 1. The van der Waals surface area contributed by atoms with Crippen molar-refractivity contribution in [2.75, 3.05) is 76.8 Å². The number of hydrogen-bond acceptors (Lipinski definition) is 7. The number of alkyl halides is 3. The lowest BCUT2D eigenvalue weighted by molar-refractivity contribution is -0.138. The molecule has 1 atom stereocenters. The van der Waals surface area contributed by atoms with Crippen LogP contribution in [0.1, 0.15) is 43.2 Å². The maximum atomic E-state index is 14.5. The molecule has 3 amide bonds. The van der Waals surface area contributed by atoms with Crippen LogP contribution in [0.25, 0.3) is 0 Å². The Balaban J connectivity index is 1.51. The van der Waals surface area contributed by atoms with Crippen molar-refractivity contribution in [2.24, 2.45) is 5.10 Å². The van der Waals surface area contributed by atoms with Crippen LogP contribution in [0.5, 0.6) is 0 Å². The highest BCUT2D eigenvalue weighted by Gasteiger charge is 2.40. The average molecular weight is 604 g/mol. The number of amidine groups is 1. The van der Waals surface area contributed by atoms with E-state index in [1.807, 2.05) is 16.8 Å². The van der Waals surface area contributed by atoms with E-state index >= 15 is 0 Å². The van der Waals surface area contributed by atoms with E-state index in [9.17, 15) is 28.2 Å². The van der Waals surface area contributed by atoms with Gasteiger partial charge in [-0.15, -0.1) is 0 Å². The summed E-state index contributed by atoms with van der Waals surface area (Å²) in [6.45, 7) is 4.62. The number of rotatable bonds is 4. The van der Waals surface area contributed by atoms with Crippen molar-refractivity contribution in [1.82, 2.24) is 25.4 Å². The molecule has 4 heterocycles. The monoisotopic (exact) mass is 603 g/mol. The molecule has 0 saturated carbocycles. The fraction of sp³-hybridized carbons (Fsp3) is 0.586. The van der Waals surface area contributed by atoms with Gasteiger partial charge in [0, 0.05) is 103 Å². The van der Waals surface area contributed by atoms with Gasteiger partial charge in [0.25, 0.3) is 0 Å². The zero-order chi connectivity index (χ0) is 31.1. The van der Waals surface area contributed by atoms with Crippen LogP contribution in [0.2, 0.25) is 0 Å². The Kier molecular flexibility index (Phi) is 8.48.